The standard InChI is InChI=1S/C11H11ClN4O2/c1-7-5-9(8-3-4-13-11(12)14-8)15-16(7)6-10(17)18-2/h3-5H,6H2,1-2H3. The number of hydrogen-bond donors (Lipinski definition) is 0. The van der Waals surface area contributed by atoms with Crippen molar-refractivity contribution in [2.45, 2.75) is 13.5 Å². The summed E-state index contributed by atoms with van der Waals surface area (Å²) in [5.41, 5.74) is 2.09. The molecule has 2 aromatic rings. The lowest BCUT2D eigenvalue weighted by molar-refractivity contribution is -0.141. The first-order valence-corrected chi connectivity index (χ1v) is 5.58. The second-order valence-electron chi connectivity index (χ2n) is 3.62. The second kappa shape index (κ2) is 5.14. The van der Waals surface area contributed by atoms with Crippen LogP contribution in [0, 0.1) is 6.92 Å². The molecule has 0 aliphatic heterocycles. The van der Waals surface area contributed by atoms with Crippen LogP contribution in [0.4, 0.5) is 0 Å². The van der Waals surface area contributed by atoms with Crippen molar-refractivity contribution in [2.24, 2.45) is 0 Å². The summed E-state index contributed by atoms with van der Waals surface area (Å²) in [4.78, 5) is 19.1. The molecule has 2 heterocycles. The molecule has 0 atom stereocenters. The van der Waals surface area contributed by atoms with Crippen molar-refractivity contribution >= 4 is 17.6 Å². The molecular weight excluding hydrogens is 256 g/mol. The van der Waals surface area contributed by atoms with Crippen LogP contribution >= 0.6 is 11.6 Å². The van der Waals surface area contributed by atoms with Gasteiger partial charge < -0.3 is 4.74 Å². The molecule has 0 radical (unpaired) electrons. The van der Waals surface area contributed by atoms with Gasteiger partial charge in [-0.15, -0.1) is 0 Å². The van der Waals surface area contributed by atoms with Gasteiger partial charge in [0.15, 0.2) is 0 Å². The predicted octanol–water partition coefficient (Wildman–Crippen LogP) is 1.47. The fourth-order valence-electron chi connectivity index (χ4n) is 1.46. The molecule has 0 saturated carbocycles. The average Bonchev–Trinajstić information content (AvgIpc) is 2.71. The number of rotatable bonds is 3. The number of hydrogen-bond acceptors (Lipinski definition) is 5. The second-order valence-corrected chi connectivity index (χ2v) is 3.95. The first-order valence-electron chi connectivity index (χ1n) is 5.20. The molecule has 18 heavy (non-hydrogen) atoms. The molecule has 2 rings (SSSR count). The van der Waals surface area contributed by atoms with Crippen LogP contribution in [0.25, 0.3) is 11.4 Å². The van der Waals surface area contributed by atoms with E-state index in [1.54, 1.807) is 16.9 Å². The molecule has 94 valence electrons. The summed E-state index contributed by atoms with van der Waals surface area (Å²) >= 11 is 5.72. The van der Waals surface area contributed by atoms with Crippen molar-refractivity contribution in [2.75, 3.05) is 7.11 Å². The van der Waals surface area contributed by atoms with Crippen molar-refractivity contribution in [1.82, 2.24) is 19.7 Å². The van der Waals surface area contributed by atoms with Gasteiger partial charge in [-0.1, -0.05) is 0 Å². The van der Waals surface area contributed by atoms with Gasteiger partial charge in [-0.3, -0.25) is 9.48 Å². The largest absolute Gasteiger partial charge is 0.468 e. The Morgan fingerprint density at radius 1 is 1.50 bits per heavy atom. The van der Waals surface area contributed by atoms with Crippen LogP contribution < -0.4 is 0 Å². The van der Waals surface area contributed by atoms with Gasteiger partial charge in [0.25, 0.3) is 0 Å². The van der Waals surface area contributed by atoms with E-state index < -0.39 is 0 Å². The molecule has 0 saturated heterocycles. The van der Waals surface area contributed by atoms with Crippen LogP contribution in [-0.4, -0.2) is 32.8 Å². The summed E-state index contributed by atoms with van der Waals surface area (Å²) in [6.45, 7) is 1.92. The van der Waals surface area contributed by atoms with Crippen LogP contribution in [-0.2, 0) is 16.1 Å². The Hall–Kier alpha value is -1.95. The zero-order valence-electron chi connectivity index (χ0n) is 9.92. The summed E-state index contributed by atoms with van der Waals surface area (Å²) < 4.78 is 6.15. The van der Waals surface area contributed by atoms with Gasteiger partial charge in [0.05, 0.1) is 12.8 Å². The molecule has 0 unspecified atom stereocenters. The minimum Gasteiger partial charge on any atom is -0.468 e. The normalized spacial score (nSPS) is 10.4. The van der Waals surface area contributed by atoms with Crippen molar-refractivity contribution in [3.8, 4) is 11.4 Å². The van der Waals surface area contributed by atoms with Crippen LogP contribution in [0.3, 0.4) is 0 Å². The Balaban J connectivity index is 2.31. The molecule has 0 amide bonds. The maximum absolute atomic E-state index is 11.2. The SMILES string of the molecule is COC(=O)Cn1nc(-c2ccnc(Cl)n2)cc1C. The minimum absolute atomic E-state index is 0.0706. The van der Waals surface area contributed by atoms with Crippen molar-refractivity contribution in [3.63, 3.8) is 0 Å². The maximum atomic E-state index is 11.2. The zero-order valence-corrected chi connectivity index (χ0v) is 10.7. The van der Waals surface area contributed by atoms with Crippen LogP contribution in [0.1, 0.15) is 5.69 Å². The maximum Gasteiger partial charge on any atom is 0.327 e. The fourth-order valence-corrected chi connectivity index (χ4v) is 1.61. The molecule has 0 N–H and O–H groups in total. The quantitative estimate of drug-likeness (QED) is 0.622. The number of esters is 1. The lowest BCUT2D eigenvalue weighted by Gasteiger charge is -2.01. The summed E-state index contributed by atoms with van der Waals surface area (Å²) in [5, 5.41) is 4.44. The molecule has 7 heteroatoms. The van der Waals surface area contributed by atoms with E-state index in [1.807, 2.05) is 13.0 Å². The van der Waals surface area contributed by atoms with Gasteiger partial charge in [-0.05, 0) is 30.7 Å². The summed E-state index contributed by atoms with van der Waals surface area (Å²) in [7, 11) is 1.34. The molecule has 6 nitrogen and oxygen atoms in total. The highest BCUT2D eigenvalue weighted by molar-refractivity contribution is 6.28. The minimum atomic E-state index is -0.353. The third-order valence-electron chi connectivity index (χ3n) is 2.38. The summed E-state index contributed by atoms with van der Waals surface area (Å²) in [6, 6.07) is 3.53. The van der Waals surface area contributed by atoms with Crippen molar-refractivity contribution < 1.29 is 9.53 Å². The van der Waals surface area contributed by atoms with Gasteiger partial charge in [0, 0.05) is 11.9 Å². The van der Waals surface area contributed by atoms with Gasteiger partial charge >= 0.3 is 5.97 Å². The van der Waals surface area contributed by atoms with E-state index in [0.29, 0.717) is 11.4 Å². The number of halogens is 1. The number of aryl methyl sites for hydroxylation is 1. The lowest BCUT2D eigenvalue weighted by Crippen LogP contribution is -2.13. The van der Waals surface area contributed by atoms with Gasteiger partial charge in [0.2, 0.25) is 5.28 Å². The van der Waals surface area contributed by atoms with E-state index in [0.717, 1.165) is 5.69 Å². The van der Waals surface area contributed by atoms with E-state index in [2.05, 4.69) is 19.8 Å². The Morgan fingerprint density at radius 3 is 2.94 bits per heavy atom. The van der Waals surface area contributed by atoms with Crippen LogP contribution in [0.5, 0.6) is 0 Å². The third-order valence-corrected chi connectivity index (χ3v) is 2.56. The predicted molar refractivity (Wildman–Crippen MR) is 65.0 cm³/mol. The smallest absolute Gasteiger partial charge is 0.327 e. The average molecular weight is 267 g/mol. The Labute approximate surface area is 109 Å². The van der Waals surface area contributed by atoms with Gasteiger partial charge in [0.1, 0.15) is 12.2 Å². The van der Waals surface area contributed by atoms with Crippen LogP contribution in [0.2, 0.25) is 5.28 Å². The number of aromatic nitrogens is 4. The molecule has 0 bridgehead atoms. The zero-order chi connectivity index (χ0) is 13.1. The van der Waals surface area contributed by atoms with E-state index in [9.17, 15) is 4.79 Å². The fraction of sp³-hybridized carbons (Fsp3) is 0.273. The molecule has 0 fully saturated rings. The monoisotopic (exact) mass is 266 g/mol. The molecule has 2 aromatic heterocycles. The van der Waals surface area contributed by atoms with Gasteiger partial charge in [-0.25, -0.2) is 9.97 Å². The van der Waals surface area contributed by atoms with Crippen molar-refractivity contribution in [3.05, 3.63) is 29.3 Å². The van der Waals surface area contributed by atoms with E-state index in [-0.39, 0.29) is 17.8 Å². The Kier molecular flexibility index (Phi) is 3.57. The number of nitrogens with zero attached hydrogens (tertiary/aromatic N) is 4. The number of carbonyl (C=O) groups is 1. The first kappa shape index (κ1) is 12.5. The number of carbonyl (C=O) groups excluding carboxylic acids is 1. The Bertz CT molecular complexity index is 582. The topological polar surface area (TPSA) is 69.9 Å². The summed E-state index contributed by atoms with van der Waals surface area (Å²) in [5.74, 6) is -0.353. The molecule has 0 aliphatic carbocycles. The van der Waals surface area contributed by atoms with Crippen molar-refractivity contribution in [1.29, 1.82) is 0 Å². The van der Waals surface area contributed by atoms with Crippen LogP contribution in [0.15, 0.2) is 18.3 Å². The van der Waals surface area contributed by atoms with Gasteiger partial charge in [-0.2, -0.15) is 5.10 Å². The molecule has 0 aromatic carbocycles. The van der Waals surface area contributed by atoms with E-state index >= 15 is 0 Å². The number of ether oxygens (including phenoxy) is 1. The lowest BCUT2D eigenvalue weighted by atomic mass is 10.3. The first-order chi connectivity index (χ1) is 8.60. The van der Waals surface area contributed by atoms with E-state index in [1.165, 1.54) is 7.11 Å². The Morgan fingerprint density at radius 2 is 2.28 bits per heavy atom. The summed E-state index contributed by atoms with van der Waals surface area (Å²) in [6.07, 6.45) is 1.55. The molecule has 0 spiro atoms. The highest BCUT2D eigenvalue weighted by Gasteiger charge is 2.11. The number of methoxy groups -OCH3 is 1. The third kappa shape index (κ3) is 2.65. The molecular formula is C11H11ClN4O2. The molecule has 0 aliphatic rings. The van der Waals surface area contributed by atoms with E-state index in [4.69, 9.17) is 11.6 Å². The highest BCUT2D eigenvalue weighted by atomic mass is 35.5. The highest BCUT2D eigenvalue weighted by Crippen LogP contribution is 2.17.